The van der Waals surface area contributed by atoms with Gasteiger partial charge in [-0.2, -0.15) is 0 Å². The van der Waals surface area contributed by atoms with E-state index < -0.39 is 21.1 Å². The van der Waals surface area contributed by atoms with E-state index in [9.17, 15) is 22.2 Å². The molecule has 1 aliphatic rings. The summed E-state index contributed by atoms with van der Waals surface area (Å²) in [5.74, 6) is -0.423. The number of aryl methyl sites for hydroxylation is 1. The van der Waals surface area contributed by atoms with Crippen LogP contribution in [0.1, 0.15) is 25.0 Å². The number of ketones is 1. The maximum absolute atomic E-state index is 13.7. The van der Waals surface area contributed by atoms with E-state index in [1.165, 1.54) is 30.6 Å². The third kappa shape index (κ3) is 5.71. The predicted octanol–water partition coefficient (Wildman–Crippen LogP) is 5.47. The lowest BCUT2D eigenvalue weighted by Gasteiger charge is -2.24. The first kappa shape index (κ1) is 26.3. The maximum atomic E-state index is 13.7. The van der Waals surface area contributed by atoms with Crippen molar-refractivity contribution in [1.82, 2.24) is 14.3 Å². The van der Waals surface area contributed by atoms with Crippen LogP contribution in [0.25, 0.3) is 22.2 Å². The van der Waals surface area contributed by atoms with Crippen molar-refractivity contribution >= 4 is 36.6 Å². The molecule has 0 spiro atoms. The molecule has 5 rings (SSSR count). The number of alkyl halides is 3. The zero-order valence-electron chi connectivity index (χ0n) is 19.9. The second-order valence-electron chi connectivity index (χ2n) is 8.81. The van der Waals surface area contributed by atoms with Crippen molar-refractivity contribution in [3.8, 4) is 17.0 Å². The minimum atomic E-state index is -4.77. The second-order valence-corrected chi connectivity index (χ2v) is 12.0. The Balaban J connectivity index is 1.26. The van der Waals surface area contributed by atoms with Gasteiger partial charge < -0.3 is 9.15 Å². The number of aromatic nitrogens is 2. The van der Waals surface area contributed by atoms with Crippen LogP contribution in [-0.4, -0.2) is 43.2 Å². The van der Waals surface area contributed by atoms with Crippen molar-refractivity contribution in [3.63, 3.8) is 0 Å². The topological polar surface area (TPSA) is 85.5 Å². The lowest BCUT2D eigenvalue weighted by atomic mass is 10.0. The molecular weight excluding hydrogens is 539 g/mol. The molecule has 2 atom stereocenters. The Morgan fingerprint density at radius 3 is 2.63 bits per heavy atom. The monoisotopic (exact) mass is 561 g/mol. The Morgan fingerprint density at radius 1 is 1.13 bits per heavy atom. The molecule has 4 aromatic rings. The van der Waals surface area contributed by atoms with Crippen LogP contribution in [0.3, 0.4) is 0 Å². The molecule has 1 unspecified atom stereocenters. The van der Waals surface area contributed by atoms with E-state index in [1.807, 2.05) is 18.2 Å². The van der Waals surface area contributed by atoms with E-state index in [4.69, 9.17) is 15.6 Å². The molecule has 0 N–H and O–H groups in total. The summed E-state index contributed by atoms with van der Waals surface area (Å²) in [5.41, 5.74) is 2.26. The van der Waals surface area contributed by atoms with Crippen molar-refractivity contribution in [2.45, 2.75) is 43.2 Å². The number of carbonyl (C=O) groups excluding carboxylic acids is 1. The first-order valence-electron chi connectivity index (χ1n) is 11.8. The van der Waals surface area contributed by atoms with E-state index in [1.54, 1.807) is 22.5 Å². The summed E-state index contributed by atoms with van der Waals surface area (Å²) in [4.78, 5) is 21.6. The third-order valence-electron chi connectivity index (χ3n) is 6.28. The number of rotatable bonds is 8. The van der Waals surface area contributed by atoms with Crippen LogP contribution in [0.15, 0.2) is 76.5 Å². The van der Waals surface area contributed by atoms with Gasteiger partial charge in [0.2, 0.25) is 5.09 Å². The summed E-state index contributed by atoms with van der Waals surface area (Å²) < 4.78 is 62.1. The van der Waals surface area contributed by atoms with Gasteiger partial charge in [-0.05, 0) is 55.7 Å². The molecule has 12 heteroatoms. The Hall–Kier alpha value is -3.35. The Kier molecular flexibility index (Phi) is 7.21. The number of benzene rings is 2. The number of para-hydroxylation sites is 1. The summed E-state index contributed by atoms with van der Waals surface area (Å²) >= 11 is 5.51. The third-order valence-corrected chi connectivity index (χ3v) is 9.11. The fraction of sp³-hybridized carbons (Fsp3) is 0.269. The molecule has 1 aliphatic heterocycles. The number of hydrogen-bond donors (Lipinski definition) is 0. The van der Waals surface area contributed by atoms with Crippen LogP contribution in [0.5, 0.6) is 5.75 Å². The van der Waals surface area contributed by atoms with Gasteiger partial charge in [0, 0.05) is 46.9 Å². The maximum Gasteiger partial charge on any atom is 0.573 e. The highest BCUT2D eigenvalue weighted by atomic mass is 32.8. The number of ether oxygens (including phenoxy) is 1. The van der Waals surface area contributed by atoms with E-state index in [2.05, 4.69) is 14.7 Å². The minimum absolute atomic E-state index is 0.0926. The van der Waals surface area contributed by atoms with Crippen molar-refractivity contribution in [3.05, 3.63) is 72.7 Å². The SMILES string of the molecule is O=C(CCc1cc(-c2ccc(OC(F)(F)F)cc2)ncn1)[C@@H]1CCCN1S(=O)(=S)c1cc2ccccc2o1. The largest absolute Gasteiger partial charge is 0.573 e. The van der Waals surface area contributed by atoms with Gasteiger partial charge in [0.1, 0.15) is 17.7 Å². The molecule has 0 bridgehead atoms. The summed E-state index contributed by atoms with van der Waals surface area (Å²) in [6.45, 7) is 0.432. The van der Waals surface area contributed by atoms with Crippen LogP contribution >= 0.6 is 0 Å². The fourth-order valence-corrected chi connectivity index (χ4v) is 6.90. The van der Waals surface area contributed by atoms with Crippen molar-refractivity contribution in [1.29, 1.82) is 0 Å². The number of halogens is 3. The molecule has 3 heterocycles. The Bertz CT molecular complexity index is 1540. The van der Waals surface area contributed by atoms with Crippen molar-refractivity contribution in [2.75, 3.05) is 6.54 Å². The van der Waals surface area contributed by atoms with Gasteiger partial charge >= 0.3 is 6.36 Å². The number of nitrogens with zero attached hydrogens (tertiary/aromatic N) is 3. The number of furan rings is 1. The standard InChI is InChI=1S/C26H22F3N3O4S2/c27-26(28,29)36-20-10-7-17(8-11-20)21-15-19(30-16-31-21)9-12-23(33)22-5-3-13-32(22)38(34,37)25-14-18-4-1-2-6-24(18)35-25/h1-2,4,6-8,10-11,14-16,22H,3,5,9,12-13H2/t22-,38?/m0/s1. The molecule has 38 heavy (non-hydrogen) atoms. The highest BCUT2D eigenvalue weighted by molar-refractivity contribution is 8.31. The van der Waals surface area contributed by atoms with Gasteiger partial charge in [-0.1, -0.05) is 18.2 Å². The summed E-state index contributed by atoms with van der Waals surface area (Å²) in [6, 6.07) is 15.4. The highest BCUT2D eigenvalue weighted by Crippen LogP contribution is 2.31. The molecule has 1 fully saturated rings. The summed E-state index contributed by atoms with van der Waals surface area (Å²) in [6.07, 6.45) is -1.72. The van der Waals surface area contributed by atoms with Crippen molar-refractivity contribution in [2.24, 2.45) is 0 Å². The predicted molar refractivity (Wildman–Crippen MR) is 137 cm³/mol. The van der Waals surface area contributed by atoms with Crippen LogP contribution < -0.4 is 4.74 Å². The fourth-order valence-electron chi connectivity index (χ4n) is 4.49. The van der Waals surface area contributed by atoms with Gasteiger partial charge in [-0.15, -0.1) is 13.2 Å². The number of hydrogen-bond acceptors (Lipinski definition) is 7. The zero-order valence-corrected chi connectivity index (χ0v) is 21.5. The lowest BCUT2D eigenvalue weighted by molar-refractivity contribution is -0.274. The summed E-state index contributed by atoms with van der Waals surface area (Å²) in [5, 5.41) is 0.977. The van der Waals surface area contributed by atoms with E-state index in [0.29, 0.717) is 48.3 Å². The average molecular weight is 562 g/mol. The molecule has 0 saturated carbocycles. The van der Waals surface area contributed by atoms with E-state index in [-0.39, 0.29) is 23.0 Å². The molecule has 0 amide bonds. The molecule has 2 aromatic carbocycles. The van der Waals surface area contributed by atoms with Gasteiger partial charge in [0.05, 0.1) is 11.7 Å². The molecule has 0 aliphatic carbocycles. The number of fused-ring (bicyclic) bond motifs is 1. The van der Waals surface area contributed by atoms with Crippen molar-refractivity contribution < 1.29 is 31.3 Å². The molecular formula is C26H22F3N3O4S2. The summed E-state index contributed by atoms with van der Waals surface area (Å²) in [7, 11) is -3.16. The molecule has 7 nitrogen and oxygen atoms in total. The van der Waals surface area contributed by atoms with Gasteiger partial charge in [-0.3, -0.25) is 4.79 Å². The molecule has 1 saturated heterocycles. The van der Waals surface area contributed by atoms with Crippen LogP contribution in [-0.2, 0) is 31.1 Å². The lowest BCUT2D eigenvalue weighted by Crippen LogP contribution is -2.40. The first-order chi connectivity index (χ1) is 18.1. The number of Topliss-reactive ketones (excluding diaryl/α,β-unsaturated/α-hetero) is 1. The van der Waals surface area contributed by atoms with E-state index in [0.717, 1.165) is 5.39 Å². The smallest absolute Gasteiger partial charge is 0.446 e. The average Bonchev–Trinajstić information content (AvgIpc) is 3.55. The van der Waals surface area contributed by atoms with Gasteiger partial charge in [0.25, 0.3) is 0 Å². The molecule has 0 radical (unpaired) electrons. The first-order valence-corrected chi connectivity index (χ1v) is 14.2. The minimum Gasteiger partial charge on any atom is -0.446 e. The highest BCUT2D eigenvalue weighted by Gasteiger charge is 2.38. The van der Waals surface area contributed by atoms with Crippen LogP contribution in [0, 0.1) is 0 Å². The zero-order chi connectivity index (χ0) is 26.9. The molecule has 198 valence electrons. The van der Waals surface area contributed by atoms with E-state index >= 15 is 0 Å². The Labute approximate surface area is 221 Å². The second kappa shape index (κ2) is 10.4. The molecule has 2 aromatic heterocycles. The quantitative estimate of drug-likeness (QED) is 0.282. The van der Waals surface area contributed by atoms with Gasteiger partial charge in [0.15, 0.2) is 14.5 Å². The normalized spacial score (nSPS) is 17.9. The van der Waals surface area contributed by atoms with Crippen LogP contribution in [0.2, 0.25) is 0 Å². The number of carbonyl (C=O) groups is 1. The Morgan fingerprint density at radius 2 is 1.89 bits per heavy atom. The van der Waals surface area contributed by atoms with Gasteiger partial charge in [-0.25, -0.2) is 18.5 Å². The van der Waals surface area contributed by atoms with Crippen LogP contribution in [0.4, 0.5) is 13.2 Å².